The molecule has 2 aromatic rings. The molecule has 0 unspecified atom stereocenters. The Morgan fingerprint density at radius 1 is 1.38 bits per heavy atom. The topological polar surface area (TPSA) is 90.1 Å². The van der Waals surface area contributed by atoms with Crippen molar-refractivity contribution in [3.05, 3.63) is 50.2 Å². The van der Waals surface area contributed by atoms with Gasteiger partial charge in [-0.2, -0.15) is 5.10 Å². The average Bonchev–Trinajstić information content (AvgIpc) is 2.67. The van der Waals surface area contributed by atoms with Crippen LogP contribution in [0.5, 0.6) is 0 Å². The maximum absolute atomic E-state index is 12.0. The minimum Gasteiger partial charge on any atom is -0.324 e. The van der Waals surface area contributed by atoms with Crippen molar-refractivity contribution in [2.45, 2.75) is 20.4 Å². The van der Waals surface area contributed by atoms with Gasteiger partial charge in [0.2, 0.25) is 5.91 Å². The maximum Gasteiger partial charge on any atom is 0.269 e. The first kappa shape index (κ1) is 15.2. The number of hydrogen-bond acceptors (Lipinski definition) is 4. The van der Waals surface area contributed by atoms with E-state index in [0.29, 0.717) is 5.69 Å². The number of aryl methyl sites for hydroxylation is 1. The minimum absolute atomic E-state index is 0.0181. The fraction of sp³-hybridized carbons (Fsp3) is 0.231. The van der Waals surface area contributed by atoms with Crippen LogP contribution in [0.3, 0.4) is 0 Å². The first-order valence-electron chi connectivity index (χ1n) is 6.12. The van der Waals surface area contributed by atoms with Crippen LogP contribution in [0.1, 0.15) is 11.4 Å². The van der Waals surface area contributed by atoms with Gasteiger partial charge in [0, 0.05) is 17.8 Å². The third-order valence-electron chi connectivity index (χ3n) is 2.95. The number of hydrogen-bond donors (Lipinski definition) is 1. The lowest BCUT2D eigenvalue weighted by Crippen LogP contribution is -2.20. The summed E-state index contributed by atoms with van der Waals surface area (Å²) in [5, 5.41) is 17.5. The quantitative estimate of drug-likeness (QED) is 0.676. The SMILES string of the molecule is Cc1nn(CC(=O)Nc2ccc([N+](=O)[O-])cc2)c(C)c1Br. The monoisotopic (exact) mass is 352 g/mol. The van der Waals surface area contributed by atoms with Crippen LogP contribution in [0.4, 0.5) is 11.4 Å². The Bertz CT molecular complexity index is 694. The van der Waals surface area contributed by atoms with E-state index in [2.05, 4.69) is 26.3 Å². The van der Waals surface area contributed by atoms with Gasteiger partial charge < -0.3 is 5.32 Å². The fourth-order valence-corrected chi connectivity index (χ4v) is 2.12. The molecule has 0 spiro atoms. The zero-order valence-electron chi connectivity index (χ0n) is 11.5. The average molecular weight is 353 g/mol. The van der Waals surface area contributed by atoms with Gasteiger partial charge in [0.25, 0.3) is 5.69 Å². The van der Waals surface area contributed by atoms with Gasteiger partial charge in [-0.05, 0) is 41.9 Å². The van der Waals surface area contributed by atoms with E-state index in [0.717, 1.165) is 15.9 Å². The summed E-state index contributed by atoms with van der Waals surface area (Å²) in [7, 11) is 0. The van der Waals surface area contributed by atoms with Gasteiger partial charge in [0.05, 0.1) is 20.8 Å². The minimum atomic E-state index is -0.487. The van der Waals surface area contributed by atoms with Crippen molar-refractivity contribution >= 4 is 33.2 Å². The van der Waals surface area contributed by atoms with Crippen LogP contribution in [0, 0.1) is 24.0 Å². The molecule has 0 aliphatic carbocycles. The predicted octanol–water partition coefficient (Wildman–Crippen LogP) is 2.81. The first-order chi connectivity index (χ1) is 9.88. The Kier molecular flexibility index (Phi) is 4.37. The van der Waals surface area contributed by atoms with E-state index in [1.165, 1.54) is 24.3 Å². The van der Waals surface area contributed by atoms with Gasteiger partial charge in [-0.15, -0.1) is 0 Å². The summed E-state index contributed by atoms with van der Waals surface area (Å²) in [6, 6.07) is 5.67. The highest BCUT2D eigenvalue weighted by Crippen LogP contribution is 2.20. The first-order valence-corrected chi connectivity index (χ1v) is 6.91. The molecule has 0 saturated carbocycles. The highest BCUT2D eigenvalue weighted by Gasteiger charge is 2.12. The molecule has 0 aliphatic rings. The number of carbonyl (C=O) groups excluding carboxylic acids is 1. The van der Waals surface area contributed by atoms with Gasteiger partial charge in [-0.3, -0.25) is 19.6 Å². The second-order valence-corrected chi connectivity index (χ2v) is 5.29. The summed E-state index contributed by atoms with van der Waals surface area (Å²) in [4.78, 5) is 22.0. The van der Waals surface area contributed by atoms with Crippen molar-refractivity contribution in [2.75, 3.05) is 5.32 Å². The van der Waals surface area contributed by atoms with E-state index in [-0.39, 0.29) is 18.1 Å². The van der Waals surface area contributed by atoms with E-state index in [1.54, 1.807) is 4.68 Å². The van der Waals surface area contributed by atoms with Crippen LogP contribution < -0.4 is 5.32 Å². The lowest BCUT2D eigenvalue weighted by atomic mass is 10.3. The third kappa shape index (κ3) is 3.46. The summed E-state index contributed by atoms with van der Waals surface area (Å²) in [6.07, 6.45) is 0. The Morgan fingerprint density at radius 3 is 2.48 bits per heavy atom. The summed E-state index contributed by atoms with van der Waals surface area (Å²) >= 11 is 3.40. The van der Waals surface area contributed by atoms with Crippen molar-refractivity contribution in [3.63, 3.8) is 0 Å². The van der Waals surface area contributed by atoms with Crippen LogP contribution in [0.15, 0.2) is 28.7 Å². The number of carbonyl (C=O) groups is 1. The van der Waals surface area contributed by atoms with Crippen molar-refractivity contribution in [3.8, 4) is 0 Å². The van der Waals surface area contributed by atoms with E-state index in [4.69, 9.17) is 0 Å². The molecule has 1 amide bonds. The van der Waals surface area contributed by atoms with Gasteiger partial charge in [0.1, 0.15) is 6.54 Å². The molecule has 7 nitrogen and oxygen atoms in total. The van der Waals surface area contributed by atoms with Crippen molar-refractivity contribution < 1.29 is 9.72 Å². The number of rotatable bonds is 4. The summed E-state index contributed by atoms with van der Waals surface area (Å²) < 4.78 is 2.48. The van der Waals surface area contributed by atoms with Gasteiger partial charge in [-0.1, -0.05) is 0 Å². The molecule has 1 aromatic carbocycles. The highest BCUT2D eigenvalue weighted by atomic mass is 79.9. The highest BCUT2D eigenvalue weighted by molar-refractivity contribution is 9.10. The number of anilines is 1. The molecular formula is C13H13BrN4O3. The molecule has 8 heteroatoms. The second-order valence-electron chi connectivity index (χ2n) is 4.49. The number of aromatic nitrogens is 2. The standard InChI is InChI=1S/C13H13BrN4O3/c1-8-13(14)9(2)17(16-8)7-12(19)15-10-3-5-11(6-4-10)18(20)21/h3-6H,7H2,1-2H3,(H,15,19). The predicted molar refractivity (Wildman–Crippen MR) is 81.1 cm³/mol. The largest absolute Gasteiger partial charge is 0.324 e. The van der Waals surface area contributed by atoms with E-state index >= 15 is 0 Å². The van der Waals surface area contributed by atoms with E-state index < -0.39 is 4.92 Å². The van der Waals surface area contributed by atoms with Crippen LogP contribution >= 0.6 is 15.9 Å². The number of nitrogens with one attached hydrogen (secondary N) is 1. The molecule has 0 radical (unpaired) electrons. The number of nitro benzene ring substituents is 1. The lowest BCUT2D eigenvalue weighted by molar-refractivity contribution is -0.384. The molecule has 1 aromatic heterocycles. The van der Waals surface area contributed by atoms with E-state index in [1.807, 2.05) is 13.8 Å². The molecule has 0 aliphatic heterocycles. The zero-order chi connectivity index (χ0) is 15.6. The number of benzene rings is 1. The van der Waals surface area contributed by atoms with Crippen LogP contribution in [-0.4, -0.2) is 20.6 Å². The number of nitro groups is 1. The van der Waals surface area contributed by atoms with Crippen LogP contribution in [0.25, 0.3) is 0 Å². The molecule has 0 bridgehead atoms. The van der Waals surface area contributed by atoms with Crippen molar-refractivity contribution in [1.29, 1.82) is 0 Å². The Morgan fingerprint density at radius 2 is 2.00 bits per heavy atom. The zero-order valence-corrected chi connectivity index (χ0v) is 13.0. The Hall–Kier alpha value is -2.22. The molecule has 0 fully saturated rings. The Balaban J connectivity index is 2.04. The number of non-ortho nitro benzene ring substituents is 1. The molecular weight excluding hydrogens is 340 g/mol. The van der Waals surface area contributed by atoms with Gasteiger partial charge in [0.15, 0.2) is 0 Å². The smallest absolute Gasteiger partial charge is 0.269 e. The molecule has 1 N–H and O–H groups in total. The number of amides is 1. The van der Waals surface area contributed by atoms with Crippen LogP contribution in [-0.2, 0) is 11.3 Å². The Labute approximate surface area is 129 Å². The van der Waals surface area contributed by atoms with Gasteiger partial charge >= 0.3 is 0 Å². The van der Waals surface area contributed by atoms with Crippen molar-refractivity contribution in [2.24, 2.45) is 0 Å². The molecule has 0 saturated heterocycles. The maximum atomic E-state index is 12.0. The molecule has 110 valence electrons. The lowest BCUT2D eigenvalue weighted by Gasteiger charge is -2.06. The van der Waals surface area contributed by atoms with E-state index in [9.17, 15) is 14.9 Å². The number of halogens is 1. The fourth-order valence-electron chi connectivity index (χ4n) is 1.83. The summed E-state index contributed by atoms with van der Waals surface area (Å²) in [6.45, 7) is 3.79. The summed E-state index contributed by atoms with van der Waals surface area (Å²) in [5.74, 6) is -0.248. The molecule has 21 heavy (non-hydrogen) atoms. The normalized spacial score (nSPS) is 10.4. The molecule has 0 atom stereocenters. The second kappa shape index (κ2) is 6.04. The molecule has 1 heterocycles. The van der Waals surface area contributed by atoms with Crippen molar-refractivity contribution in [1.82, 2.24) is 9.78 Å². The summed E-state index contributed by atoms with van der Waals surface area (Å²) in [5.41, 5.74) is 2.17. The van der Waals surface area contributed by atoms with Gasteiger partial charge in [-0.25, -0.2) is 0 Å². The number of nitrogens with zero attached hydrogens (tertiary/aromatic N) is 3. The van der Waals surface area contributed by atoms with Crippen LogP contribution in [0.2, 0.25) is 0 Å². The molecule has 2 rings (SSSR count). The third-order valence-corrected chi connectivity index (χ3v) is 4.10.